The molecule has 1 unspecified atom stereocenters. The van der Waals surface area contributed by atoms with E-state index in [-0.39, 0.29) is 0 Å². The maximum atomic E-state index is 13.0. The van der Waals surface area contributed by atoms with Crippen LogP contribution in [0.4, 0.5) is 4.39 Å². The number of alkyl halides is 1. The second-order valence-corrected chi connectivity index (χ2v) is 5.47. The van der Waals surface area contributed by atoms with Crippen molar-refractivity contribution in [1.82, 2.24) is 0 Å². The summed E-state index contributed by atoms with van der Waals surface area (Å²) in [4.78, 5) is 0. The van der Waals surface area contributed by atoms with E-state index in [1.807, 2.05) is 12.1 Å². The molecule has 1 aromatic carbocycles. The normalized spacial score (nSPS) is 25.4. The van der Waals surface area contributed by atoms with Crippen LogP contribution in [0.5, 0.6) is 0 Å². The topological polar surface area (TPSA) is 23.8 Å². The highest BCUT2D eigenvalue weighted by Crippen LogP contribution is 2.37. The molecular formula is C16H20FN. The van der Waals surface area contributed by atoms with Crippen LogP contribution in [0.3, 0.4) is 0 Å². The van der Waals surface area contributed by atoms with Crippen molar-refractivity contribution in [2.24, 2.45) is 5.92 Å². The van der Waals surface area contributed by atoms with Gasteiger partial charge >= 0.3 is 0 Å². The molecule has 0 N–H and O–H groups in total. The van der Waals surface area contributed by atoms with E-state index in [1.54, 1.807) is 6.92 Å². The minimum atomic E-state index is -0.665. The smallest absolute Gasteiger partial charge is 0.0991 e. The average Bonchev–Trinajstić information content (AvgIpc) is 2.39. The number of rotatable bonds is 3. The molecule has 96 valence electrons. The molecule has 0 bridgehead atoms. The molecular weight excluding hydrogens is 225 g/mol. The van der Waals surface area contributed by atoms with E-state index in [9.17, 15) is 4.39 Å². The highest BCUT2D eigenvalue weighted by molar-refractivity contribution is 5.33. The molecule has 1 aliphatic carbocycles. The van der Waals surface area contributed by atoms with Gasteiger partial charge in [-0.3, -0.25) is 0 Å². The van der Waals surface area contributed by atoms with Gasteiger partial charge in [-0.15, -0.1) is 0 Å². The first-order valence-corrected chi connectivity index (χ1v) is 6.83. The Morgan fingerprint density at radius 3 is 2.33 bits per heavy atom. The lowest BCUT2D eigenvalue weighted by Gasteiger charge is -2.29. The van der Waals surface area contributed by atoms with Gasteiger partial charge in [-0.05, 0) is 68.6 Å². The number of nitriles is 1. The van der Waals surface area contributed by atoms with E-state index in [1.165, 1.54) is 5.56 Å². The molecule has 1 aromatic rings. The van der Waals surface area contributed by atoms with Gasteiger partial charge in [0.15, 0.2) is 0 Å². The first-order chi connectivity index (χ1) is 8.69. The van der Waals surface area contributed by atoms with Gasteiger partial charge in [-0.25, -0.2) is 4.39 Å². The summed E-state index contributed by atoms with van der Waals surface area (Å²) in [5, 5.41) is 8.77. The molecule has 0 spiro atoms. The Labute approximate surface area is 109 Å². The third-order valence-electron chi connectivity index (χ3n) is 4.02. The van der Waals surface area contributed by atoms with Crippen LogP contribution in [0, 0.1) is 17.2 Å². The fourth-order valence-corrected chi connectivity index (χ4v) is 3.02. The van der Waals surface area contributed by atoms with Crippen molar-refractivity contribution in [2.45, 2.75) is 51.1 Å². The van der Waals surface area contributed by atoms with Crippen LogP contribution in [0.1, 0.15) is 56.1 Å². The molecule has 0 amide bonds. The van der Waals surface area contributed by atoms with E-state index < -0.39 is 6.17 Å². The summed E-state index contributed by atoms with van der Waals surface area (Å²) >= 11 is 0. The average molecular weight is 245 g/mol. The molecule has 2 heteroatoms. The quantitative estimate of drug-likeness (QED) is 0.764. The van der Waals surface area contributed by atoms with Crippen LogP contribution >= 0.6 is 0 Å². The molecule has 0 aliphatic heterocycles. The summed E-state index contributed by atoms with van der Waals surface area (Å²) in [5.41, 5.74) is 2.06. The highest BCUT2D eigenvalue weighted by atomic mass is 19.1. The zero-order valence-electron chi connectivity index (χ0n) is 10.9. The Bertz CT molecular complexity index is 408. The predicted molar refractivity (Wildman–Crippen MR) is 71.0 cm³/mol. The Morgan fingerprint density at radius 1 is 1.22 bits per heavy atom. The van der Waals surface area contributed by atoms with Crippen molar-refractivity contribution < 1.29 is 4.39 Å². The van der Waals surface area contributed by atoms with E-state index in [4.69, 9.17) is 5.26 Å². The van der Waals surface area contributed by atoms with Crippen molar-refractivity contribution in [3.05, 3.63) is 35.4 Å². The Morgan fingerprint density at radius 2 is 1.83 bits per heavy atom. The first-order valence-electron chi connectivity index (χ1n) is 6.83. The fourth-order valence-electron chi connectivity index (χ4n) is 3.02. The number of hydrogen-bond donors (Lipinski definition) is 0. The number of hydrogen-bond acceptors (Lipinski definition) is 1. The Kier molecular flexibility index (Phi) is 4.36. The van der Waals surface area contributed by atoms with E-state index >= 15 is 0 Å². The standard InChI is InChI=1S/C16H20FN/c1-12(17)10-13-2-6-15(7-3-13)16-8-4-14(11-18)5-9-16/h4-5,8-9,12-13,15H,2-3,6-7,10H2,1H3. The molecule has 0 saturated heterocycles. The van der Waals surface area contributed by atoms with Gasteiger partial charge in [0.05, 0.1) is 17.8 Å². The summed E-state index contributed by atoms with van der Waals surface area (Å²) in [6.45, 7) is 1.66. The van der Waals surface area contributed by atoms with Gasteiger partial charge in [0.1, 0.15) is 0 Å². The lowest BCUT2D eigenvalue weighted by Crippen LogP contribution is -2.16. The van der Waals surface area contributed by atoms with Gasteiger partial charge < -0.3 is 0 Å². The number of benzene rings is 1. The van der Waals surface area contributed by atoms with E-state index in [0.29, 0.717) is 11.8 Å². The molecule has 0 aromatic heterocycles. The molecule has 1 saturated carbocycles. The van der Waals surface area contributed by atoms with Crippen molar-refractivity contribution >= 4 is 0 Å². The van der Waals surface area contributed by atoms with Crippen LogP contribution in [-0.4, -0.2) is 6.17 Å². The highest BCUT2D eigenvalue weighted by Gasteiger charge is 2.23. The van der Waals surface area contributed by atoms with Gasteiger partial charge in [-0.2, -0.15) is 5.26 Å². The maximum absolute atomic E-state index is 13.0. The van der Waals surface area contributed by atoms with Gasteiger partial charge in [0.2, 0.25) is 0 Å². The molecule has 0 radical (unpaired) electrons. The summed E-state index contributed by atoms with van der Waals surface area (Å²) in [6, 6.07) is 10.1. The third-order valence-corrected chi connectivity index (χ3v) is 4.02. The van der Waals surface area contributed by atoms with Gasteiger partial charge in [0, 0.05) is 0 Å². The van der Waals surface area contributed by atoms with Gasteiger partial charge in [-0.1, -0.05) is 12.1 Å². The van der Waals surface area contributed by atoms with Crippen molar-refractivity contribution in [2.75, 3.05) is 0 Å². The number of halogens is 1. The van der Waals surface area contributed by atoms with Crippen LogP contribution in [0.2, 0.25) is 0 Å². The molecule has 1 nitrogen and oxygen atoms in total. The zero-order valence-corrected chi connectivity index (χ0v) is 10.9. The molecule has 0 heterocycles. The second kappa shape index (κ2) is 6.00. The van der Waals surface area contributed by atoms with Crippen molar-refractivity contribution in [3.63, 3.8) is 0 Å². The molecule has 1 fully saturated rings. The second-order valence-electron chi connectivity index (χ2n) is 5.47. The Hall–Kier alpha value is -1.36. The molecule has 2 rings (SSSR count). The van der Waals surface area contributed by atoms with E-state index in [2.05, 4.69) is 18.2 Å². The summed E-state index contributed by atoms with van der Waals surface area (Å²) in [5.74, 6) is 1.17. The molecule has 1 aliphatic rings. The summed E-state index contributed by atoms with van der Waals surface area (Å²) in [6.07, 6.45) is 4.64. The SMILES string of the molecule is CC(F)CC1CCC(c2ccc(C#N)cc2)CC1. The fraction of sp³-hybridized carbons (Fsp3) is 0.562. The van der Waals surface area contributed by atoms with Crippen molar-refractivity contribution in [3.8, 4) is 6.07 Å². The van der Waals surface area contributed by atoms with Crippen LogP contribution in [-0.2, 0) is 0 Å². The maximum Gasteiger partial charge on any atom is 0.0991 e. The zero-order chi connectivity index (χ0) is 13.0. The van der Waals surface area contributed by atoms with E-state index in [0.717, 1.165) is 37.7 Å². The Balaban J connectivity index is 1.91. The predicted octanol–water partition coefficient (Wildman–Crippen LogP) is 4.58. The number of nitrogens with zero attached hydrogens (tertiary/aromatic N) is 1. The third kappa shape index (κ3) is 3.32. The van der Waals surface area contributed by atoms with Crippen molar-refractivity contribution in [1.29, 1.82) is 5.26 Å². The summed E-state index contributed by atoms with van der Waals surface area (Å²) in [7, 11) is 0. The lowest BCUT2D eigenvalue weighted by molar-refractivity contribution is 0.234. The summed E-state index contributed by atoms with van der Waals surface area (Å²) < 4.78 is 13.0. The first kappa shape index (κ1) is 13.1. The minimum Gasteiger partial charge on any atom is -0.248 e. The van der Waals surface area contributed by atoms with Crippen LogP contribution < -0.4 is 0 Å². The largest absolute Gasteiger partial charge is 0.248 e. The van der Waals surface area contributed by atoms with Crippen LogP contribution in [0.15, 0.2) is 24.3 Å². The van der Waals surface area contributed by atoms with Crippen LogP contribution in [0.25, 0.3) is 0 Å². The lowest BCUT2D eigenvalue weighted by atomic mass is 9.77. The van der Waals surface area contributed by atoms with Gasteiger partial charge in [0.25, 0.3) is 0 Å². The minimum absolute atomic E-state index is 0.569. The monoisotopic (exact) mass is 245 g/mol. The molecule has 18 heavy (non-hydrogen) atoms. The molecule has 1 atom stereocenters.